The molecule has 3 heteroatoms. The Hall–Kier alpha value is -1.51. The van der Waals surface area contributed by atoms with Gasteiger partial charge in [-0.15, -0.1) is 0 Å². The van der Waals surface area contributed by atoms with Gasteiger partial charge in [0.1, 0.15) is 5.54 Å². The second-order valence-corrected chi connectivity index (χ2v) is 4.82. The summed E-state index contributed by atoms with van der Waals surface area (Å²) in [6.07, 6.45) is 0. The number of nitrogens with one attached hydrogen (secondary N) is 1. The number of fused-ring (bicyclic) bond motifs is 1. The number of benzene rings is 1. The average molecular weight is 218 g/mol. The molecule has 0 saturated carbocycles. The van der Waals surface area contributed by atoms with Gasteiger partial charge in [-0.2, -0.15) is 0 Å². The van der Waals surface area contributed by atoms with Crippen molar-refractivity contribution in [3.05, 3.63) is 23.8 Å². The third kappa shape index (κ3) is 1.56. The van der Waals surface area contributed by atoms with Gasteiger partial charge in [-0.1, -0.05) is 6.07 Å². The van der Waals surface area contributed by atoms with E-state index in [1.807, 2.05) is 37.8 Å². The summed E-state index contributed by atoms with van der Waals surface area (Å²) in [5.74, 6) is 0.131. The average Bonchev–Trinajstić information content (AvgIpc) is 2.20. The van der Waals surface area contributed by atoms with Gasteiger partial charge in [0.15, 0.2) is 0 Å². The second kappa shape index (κ2) is 3.51. The maximum atomic E-state index is 12.2. The van der Waals surface area contributed by atoms with Crippen molar-refractivity contribution in [3.63, 3.8) is 0 Å². The monoisotopic (exact) mass is 218 g/mol. The lowest BCUT2D eigenvalue weighted by Crippen LogP contribution is -2.53. The summed E-state index contributed by atoms with van der Waals surface area (Å²) < 4.78 is 0. The molecule has 0 atom stereocenters. The smallest absolute Gasteiger partial charge is 0.252 e. The molecule has 1 aromatic rings. The van der Waals surface area contributed by atoms with Crippen molar-refractivity contribution in [2.45, 2.75) is 33.2 Å². The number of likely N-dealkylation sites (N-methyl/N-ethyl adjacent to an activating group) is 1. The SMILES string of the molecule is CCN1C(=O)C(C)(C)Nc2cc(C)ccc21. The minimum Gasteiger partial charge on any atom is -0.370 e. The van der Waals surface area contributed by atoms with Crippen LogP contribution in [0.5, 0.6) is 0 Å². The van der Waals surface area contributed by atoms with Crippen LogP contribution in [0.25, 0.3) is 0 Å². The molecule has 16 heavy (non-hydrogen) atoms. The fourth-order valence-electron chi connectivity index (χ4n) is 2.14. The Bertz CT molecular complexity index is 438. The van der Waals surface area contributed by atoms with Crippen molar-refractivity contribution < 1.29 is 4.79 Å². The summed E-state index contributed by atoms with van der Waals surface area (Å²) in [5.41, 5.74) is 2.72. The van der Waals surface area contributed by atoms with Crippen LogP contribution in [0.3, 0.4) is 0 Å². The van der Waals surface area contributed by atoms with Gasteiger partial charge >= 0.3 is 0 Å². The summed E-state index contributed by atoms with van der Waals surface area (Å²) in [7, 11) is 0. The highest BCUT2D eigenvalue weighted by atomic mass is 16.2. The van der Waals surface area contributed by atoms with Gasteiger partial charge in [0, 0.05) is 6.54 Å². The van der Waals surface area contributed by atoms with Crippen molar-refractivity contribution in [1.29, 1.82) is 0 Å². The molecular formula is C13H18N2O. The minimum absolute atomic E-state index is 0.131. The molecule has 1 N–H and O–H groups in total. The first-order valence-electron chi connectivity index (χ1n) is 5.66. The van der Waals surface area contributed by atoms with Gasteiger partial charge in [-0.05, 0) is 45.4 Å². The van der Waals surface area contributed by atoms with Crippen LogP contribution in [0.4, 0.5) is 11.4 Å². The van der Waals surface area contributed by atoms with Crippen LogP contribution in [0, 0.1) is 6.92 Å². The van der Waals surface area contributed by atoms with Crippen LogP contribution in [-0.2, 0) is 4.79 Å². The largest absolute Gasteiger partial charge is 0.370 e. The van der Waals surface area contributed by atoms with Crippen LogP contribution in [0.15, 0.2) is 18.2 Å². The number of amides is 1. The molecule has 0 radical (unpaired) electrons. The standard InChI is InChI=1S/C13H18N2O/c1-5-15-11-7-6-9(2)8-10(11)14-13(3,4)12(15)16/h6-8,14H,5H2,1-4H3. The zero-order chi connectivity index (χ0) is 11.9. The predicted molar refractivity (Wildman–Crippen MR) is 66.9 cm³/mol. The lowest BCUT2D eigenvalue weighted by atomic mass is 9.97. The molecular weight excluding hydrogens is 200 g/mol. The number of rotatable bonds is 1. The van der Waals surface area contributed by atoms with Crippen LogP contribution < -0.4 is 10.2 Å². The number of carbonyl (C=O) groups is 1. The normalized spacial score (nSPS) is 18.0. The highest BCUT2D eigenvalue weighted by molar-refractivity contribution is 6.07. The van der Waals surface area contributed by atoms with Gasteiger partial charge < -0.3 is 10.2 Å². The molecule has 1 amide bonds. The highest BCUT2D eigenvalue weighted by Gasteiger charge is 2.37. The van der Waals surface area contributed by atoms with E-state index in [0.29, 0.717) is 6.54 Å². The van der Waals surface area contributed by atoms with Crippen molar-refractivity contribution in [2.24, 2.45) is 0 Å². The first kappa shape index (κ1) is 11.0. The summed E-state index contributed by atoms with van der Waals surface area (Å²) in [4.78, 5) is 14.0. The Labute approximate surface area is 96.5 Å². The fraction of sp³-hybridized carbons (Fsp3) is 0.462. The fourth-order valence-corrected chi connectivity index (χ4v) is 2.14. The molecule has 2 rings (SSSR count). The number of nitrogens with zero attached hydrogens (tertiary/aromatic N) is 1. The zero-order valence-corrected chi connectivity index (χ0v) is 10.3. The number of anilines is 2. The Balaban J connectivity index is 2.55. The predicted octanol–water partition coefficient (Wildman–Crippen LogP) is 2.55. The van der Waals surface area contributed by atoms with Gasteiger partial charge in [-0.3, -0.25) is 4.79 Å². The Morgan fingerprint density at radius 2 is 2.06 bits per heavy atom. The van der Waals surface area contributed by atoms with Gasteiger partial charge in [0.2, 0.25) is 0 Å². The van der Waals surface area contributed by atoms with E-state index in [1.54, 1.807) is 0 Å². The third-order valence-electron chi connectivity index (χ3n) is 2.99. The molecule has 1 aliphatic heterocycles. The van der Waals surface area contributed by atoms with E-state index in [0.717, 1.165) is 11.4 Å². The molecule has 0 fully saturated rings. The summed E-state index contributed by atoms with van der Waals surface area (Å²) >= 11 is 0. The van der Waals surface area contributed by atoms with E-state index in [-0.39, 0.29) is 5.91 Å². The van der Waals surface area contributed by atoms with E-state index >= 15 is 0 Å². The molecule has 0 aromatic heterocycles. The van der Waals surface area contributed by atoms with Crippen LogP contribution >= 0.6 is 0 Å². The van der Waals surface area contributed by atoms with Crippen LogP contribution in [0.1, 0.15) is 26.3 Å². The molecule has 1 aliphatic rings. The van der Waals surface area contributed by atoms with E-state index in [9.17, 15) is 4.79 Å². The van der Waals surface area contributed by atoms with Crippen molar-refractivity contribution >= 4 is 17.3 Å². The van der Waals surface area contributed by atoms with E-state index < -0.39 is 5.54 Å². The zero-order valence-electron chi connectivity index (χ0n) is 10.3. The van der Waals surface area contributed by atoms with E-state index in [1.165, 1.54) is 5.56 Å². The van der Waals surface area contributed by atoms with Gasteiger partial charge in [-0.25, -0.2) is 0 Å². The molecule has 0 spiro atoms. The maximum Gasteiger partial charge on any atom is 0.252 e. The molecule has 86 valence electrons. The topological polar surface area (TPSA) is 32.3 Å². The summed E-state index contributed by atoms with van der Waals surface area (Å²) in [6, 6.07) is 6.13. The molecule has 0 saturated heterocycles. The second-order valence-electron chi connectivity index (χ2n) is 4.82. The van der Waals surface area contributed by atoms with Crippen LogP contribution in [-0.4, -0.2) is 18.0 Å². The molecule has 0 unspecified atom stereocenters. The van der Waals surface area contributed by atoms with Crippen LogP contribution in [0.2, 0.25) is 0 Å². The molecule has 0 bridgehead atoms. The first-order chi connectivity index (χ1) is 7.45. The number of hydrogen-bond donors (Lipinski definition) is 1. The van der Waals surface area contributed by atoms with Crippen molar-refractivity contribution in [2.75, 3.05) is 16.8 Å². The first-order valence-corrected chi connectivity index (χ1v) is 5.66. The van der Waals surface area contributed by atoms with Gasteiger partial charge in [0.25, 0.3) is 5.91 Å². The Morgan fingerprint density at radius 1 is 1.38 bits per heavy atom. The molecule has 3 nitrogen and oxygen atoms in total. The molecule has 0 aliphatic carbocycles. The maximum absolute atomic E-state index is 12.2. The van der Waals surface area contributed by atoms with Crippen molar-refractivity contribution in [3.8, 4) is 0 Å². The van der Waals surface area contributed by atoms with Gasteiger partial charge in [0.05, 0.1) is 11.4 Å². The minimum atomic E-state index is -0.517. The number of carbonyl (C=O) groups excluding carboxylic acids is 1. The summed E-state index contributed by atoms with van der Waals surface area (Å²) in [5, 5.41) is 3.30. The third-order valence-corrected chi connectivity index (χ3v) is 2.99. The van der Waals surface area contributed by atoms with E-state index in [2.05, 4.69) is 18.3 Å². The molecule has 1 heterocycles. The number of hydrogen-bond acceptors (Lipinski definition) is 2. The summed E-state index contributed by atoms with van der Waals surface area (Å²) in [6.45, 7) is 8.61. The quantitative estimate of drug-likeness (QED) is 0.785. The van der Waals surface area contributed by atoms with Crippen molar-refractivity contribution in [1.82, 2.24) is 0 Å². The van der Waals surface area contributed by atoms with E-state index in [4.69, 9.17) is 0 Å². The Morgan fingerprint density at radius 3 is 2.69 bits per heavy atom. The Kier molecular flexibility index (Phi) is 2.41. The highest BCUT2D eigenvalue weighted by Crippen LogP contribution is 2.35. The lowest BCUT2D eigenvalue weighted by Gasteiger charge is -2.39. The number of aryl methyl sites for hydroxylation is 1. The lowest BCUT2D eigenvalue weighted by molar-refractivity contribution is -0.122. The molecule has 1 aromatic carbocycles.